The second kappa shape index (κ2) is 16.6. The van der Waals surface area contributed by atoms with Crippen molar-refractivity contribution in [1.29, 1.82) is 0 Å². The molecule has 3 aliphatic rings. The Morgan fingerprint density at radius 3 is 2.65 bits per heavy atom. The average molecular weight is 722 g/mol. The van der Waals surface area contributed by atoms with Crippen molar-refractivity contribution in [3.63, 3.8) is 0 Å². The molecule has 3 aliphatic heterocycles. The molecule has 14 heteroatoms. The number of nitrogens with one attached hydrogen (secondary N) is 1. The van der Waals surface area contributed by atoms with Gasteiger partial charge in [-0.2, -0.15) is 11.8 Å². The zero-order chi connectivity index (χ0) is 36.0. The summed E-state index contributed by atoms with van der Waals surface area (Å²) in [4.78, 5) is 55.3. The minimum Gasteiger partial charge on any atom is -0.495 e. The van der Waals surface area contributed by atoms with E-state index in [1.54, 1.807) is 28.1 Å². The molecule has 12 nitrogen and oxygen atoms in total. The van der Waals surface area contributed by atoms with Gasteiger partial charge in [0, 0.05) is 45.7 Å². The molecule has 270 valence electrons. The average Bonchev–Trinajstić information content (AvgIpc) is 3.76. The molecule has 49 heavy (non-hydrogen) atoms. The van der Waals surface area contributed by atoms with Gasteiger partial charge >= 0.3 is 12.1 Å². The number of nitrogens with zero attached hydrogens (tertiary/aromatic N) is 2. The number of fused-ring (bicyclic) bond motifs is 5. The number of methoxy groups -OCH3 is 2. The van der Waals surface area contributed by atoms with Crippen molar-refractivity contribution in [2.45, 2.75) is 82.5 Å². The van der Waals surface area contributed by atoms with Gasteiger partial charge in [-0.05, 0) is 44.2 Å². The Morgan fingerprint density at radius 2 is 1.98 bits per heavy atom. The molecule has 1 aromatic rings. The maximum Gasteiger partial charge on any atom is 0.407 e. The second-order valence-electron chi connectivity index (χ2n) is 13.0. The molecule has 3 heterocycles. The smallest absolute Gasteiger partial charge is 0.407 e. The number of carbonyl (C=O) groups is 4. The van der Waals surface area contributed by atoms with Crippen LogP contribution in [-0.2, 0) is 39.8 Å². The van der Waals surface area contributed by atoms with Gasteiger partial charge in [0.25, 0.3) is 0 Å². The summed E-state index contributed by atoms with van der Waals surface area (Å²) >= 11 is 8.27. The molecule has 0 saturated carbocycles. The molecule has 2 fully saturated rings. The van der Waals surface area contributed by atoms with Gasteiger partial charge in [0.05, 0.1) is 37.5 Å². The number of epoxide rings is 1. The number of amides is 3. The quantitative estimate of drug-likeness (QED) is 0.301. The third-order valence-electron chi connectivity index (χ3n) is 9.45. The number of allylic oxidation sites excluding steroid dienone is 3. The number of rotatable bonds is 8. The Morgan fingerprint density at radius 1 is 1.24 bits per heavy atom. The van der Waals surface area contributed by atoms with Crippen LogP contribution in [0.1, 0.15) is 45.6 Å². The monoisotopic (exact) mass is 721 g/mol. The fraction of sp³-hybridized carbons (Fsp3) is 0.600. The van der Waals surface area contributed by atoms with E-state index in [1.807, 2.05) is 50.5 Å². The first kappa shape index (κ1) is 38.5. The second-order valence-corrected chi connectivity index (χ2v) is 14.4. The van der Waals surface area contributed by atoms with Crippen LogP contribution in [0.25, 0.3) is 0 Å². The van der Waals surface area contributed by atoms with Crippen LogP contribution in [0.4, 0.5) is 10.5 Å². The zero-order valence-electron chi connectivity index (χ0n) is 29.4. The lowest BCUT2D eigenvalue weighted by molar-refractivity contribution is -0.157. The molecule has 0 radical (unpaired) electrons. The summed E-state index contributed by atoms with van der Waals surface area (Å²) in [6, 6.07) is 3.29. The van der Waals surface area contributed by atoms with E-state index in [4.69, 9.17) is 35.3 Å². The van der Waals surface area contributed by atoms with E-state index in [2.05, 4.69) is 5.32 Å². The van der Waals surface area contributed by atoms with Crippen LogP contribution in [-0.4, -0.2) is 112 Å². The van der Waals surface area contributed by atoms with Crippen LogP contribution in [0.2, 0.25) is 5.02 Å². The maximum absolute atomic E-state index is 14.0. The van der Waals surface area contributed by atoms with Crippen molar-refractivity contribution in [2.75, 3.05) is 51.8 Å². The molecule has 1 N–H and O–H groups in total. The molecular weight excluding hydrogens is 674 g/mol. The number of halogens is 1. The van der Waals surface area contributed by atoms with Crippen LogP contribution < -0.4 is 15.0 Å². The number of alkyl carbamates (subject to hydrolysis) is 1. The summed E-state index contributed by atoms with van der Waals surface area (Å²) in [7, 11) is 6.24. The normalized spacial score (nSPS) is 30.6. The summed E-state index contributed by atoms with van der Waals surface area (Å²) in [5, 5.41) is 3.14. The molecule has 4 bridgehead atoms. The van der Waals surface area contributed by atoms with Gasteiger partial charge in [-0.1, -0.05) is 42.3 Å². The minimum atomic E-state index is -1.09. The summed E-state index contributed by atoms with van der Waals surface area (Å²) in [5.74, 6) is -0.535. The van der Waals surface area contributed by atoms with Gasteiger partial charge in [0.2, 0.25) is 11.8 Å². The van der Waals surface area contributed by atoms with E-state index in [0.717, 1.165) is 11.1 Å². The van der Waals surface area contributed by atoms with Crippen LogP contribution in [0.5, 0.6) is 5.75 Å². The maximum atomic E-state index is 14.0. The fourth-order valence-electron chi connectivity index (χ4n) is 6.41. The van der Waals surface area contributed by atoms with E-state index in [9.17, 15) is 19.2 Å². The zero-order valence-corrected chi connectivity index (χ0v) is 31.0. The van der Waals surface area contributed by atoms with Crippen LogP contribution in [0.3, 0.4) is 0 Å². The molecule has 3 unspecified atom stereocenters. The van der Waals surface area contributed by atoms with Gasteiger partial charge in [0.15, 0.2) is 0 Å². The largest absolute Gasteiger partial charge is 0.495 e. The van der Waals surface area contributed by atoms with Crippen LogP contribution in [0.15, 0.2) is 35.9 Å². The van der Waals surface area contributed by atoms with Crippen LogP contribution >= 0.6 is 23.4 Å². The topological polar surface area (TPSA) is 136 Å². The predicted molar refractivity (Wildman–Crippen MR) is 188 cm³/mol. The SMILES string of the molecule is COc1cc2cc(c1Cl)N(C)C(=O)C[C@H](OC(=O)CN(C)C(=O)CCSC)[C@]1(C)OC1[C@H](C)C1CC(NC(=O)O1)[C@H](OC)/C=C/C=C(\C)C2. The van der Waals surface area contributed by atoms with E-state index in [-0.39, 0.29) is 48.2 Å². The first-order valence-corrected chi connectivity index (χ1v) is 18.1. The lowest BCUT2D eigenvalue weighted by Gasteiger charge is -2.36. The van der Waals surface area contributed by atoms with Gasteiger partial charge in [-0.15, -0.1) is 0 Å². The predicted octanol–water partition coefficient (Wildman–Crippen LogP) is 4.56. The summed E-state index contributed by atoms with van der Waals surface area (Å²) < 4.78 is 29.3. The first-order valence-electron chi connectivity index (χ1n) is 16.3. The van der Waals surface area contributed by atoms with Crippen molar-refractivity contribution >= 4 is 52.9 Å². The Hall–Kier alpha value is -3.26. The number of likely N-dealkylation sites (N-methyl/N-ethyl adjacent to an activating group) is 1. The Kier molecular flexibility index (Phi) is 13.1. The number of benzene rings is 1. The number of hydrogen-bond acceptors (Lipinski definition) is 10. The fourth-order valence-corrected chi connectivity index (χ4v) is 7.10. The van der Waals surface area contributed by atoms with Crippen molar-refractivity contribution in [2.24, 2.45) is 5.92 Å². The number of carbonyl (C=O) groups excluding carboxylic acids is 4. The highest BCUT2D eigenvalue weighted by atomic mass is 35.5. The summed E-state index contributed by atoms with van der Waals surface area (Å²) in [6.07, 6.45) is 5.59. The van der Waals surface area contributed by atoms with Crippen molar-refractivity contribution in [3.8, 4) is 5.75 Å². The highest BCUT2D eigenvalue weighted by molar-refractivity contribution is 7.98. The number of hydrogen-bond donors (Lipinski definition) is 1. The molecule has 2 saturated heterocycles. The standard InChI is InChI=1S/C35H48ClN3O9S/c1-20-10-9-11-25(44-6)23-17-26(46-34(43)37-23)21(2)33-35(3,48-33)28(47-31(42)19-38(4)29(40)12-13-49-8)18-30(41)39(5)24-15-22(14-20)16-27(45-7)32(24)36/h9-11,15-16,21,23,25-26,28,33H,12-14,17-19H2,1-8H3,(H,37,43)/b11-9+,20-10+/t21-,23?,25-,26?,28+,33?,35+/m1/s1. The minimum absolute atomic E-state index is 0.192. The summed E-state index contributed by atoms with van der Waals surface area (Å²) in [6.45, 7) is 5.38. The van der Waals surface area contributed by atoms with Crippen LogP contribution in [0, 0.1) is 5.92 Å². The molecule has 3 amide bonds. The molecule has 7 atom stereocenters. The van der Waals surface area contributed by atoms with E-state index < -0.39 is 42.1 Å². The van der Waals surface area contributed by atoms with Gasteiger partial charge in [0.1, 0.15) is 35.1 Å². The summed E-state index contributed by atoms with van der Waals surface area (Å²) in [5.41, 5.74) is 1.23. The number of thioether (sulfide) groups is 1. The molecule has 1 aromatic carbocycles. The Balaban J connectivity index is 1.71. The Bertz CT molecular complexity index is 1470. The van der Waals surface area contributed by atoms with Gasteiger partial charge in [-0.3, -0.25) is 14.4 Å². The third kappa shape index (κ3) is 9.30. The van der Waals surface area contributed by atoms with Crippen molar-refractivity contribution in [3.05, 3.63) is 46.5 Å². The van der Waals surface area contributed by atoms with Crippen molar-refractivity contribution < 1.29 is 42.9 Å². The lowest BCUT2D eigenvalue weighted by Crippen LogP contribution is -2.53. The Labute approximate surface area is 297 Å². The molecule has 0 spiro atoms. The molecule has 4 rings (SSSR count). The highest BCUT2D eigenvalue weighted by Crippen LogP contribution is 2.48. The van der Waals surface area contributed by atoms with Gasteiger partial charge in [-0.25, -0.2) is 4.79 Å². The number of esters is 1. The molecule has 0 aliphatic carbocycles. The number of ether oxygens (including phenoxy) is 5. The van der Waals surface area contributed by atoms with E-state index in [0.29, 0.717) is 30.0 Å². The van der Waals surface area contributed by atoms with Crippen molar-refractivity contribution in [1.82, 2.24) is 10.2 Å². The molecule has 0 aromatic heterocycles. The first-order chi connectivity index (χ1) is 23.2. The number of anilines is 1. The molecular formula is C35H48ClN3O9S. The van der Waals surface area contributed by atoms with E-state index >= 15 is 0 Å². The van der Waals surface area contributed by atoms with Gasteiger partial charge < -0.3 is 38.8 Å². The third-order valence-corrected chi connectivity index (χ3v) is 10.4. The highest BCUT2D eigenvalue weighted by Gasteiger charge is 2.63. The lowest BCUT2D eigenvalue weighted by atomic mass is 9.85. The van der Waals surface area contributed by atoms with E-state index in [1.165, 1.54) is 28.7 Å².